The monoisotopic (exact) mass is 444 g/mol. The molecule has 150 valence electrons. The van der Waals surface area contributed by atoms with E-state index in [2.05, 4.69) is 4.98 Å². The van der Waals surface area contributed by atoms with Crippen LogP contribution in [-0.2, 0) is 11.2 Å². The number of fused-ring (bicyclic) bond motifs is 1. The smallest absolute Gasteiger partial charge is 0.232 e. The molecule has 4 rings (SSSR count). The average Bonchev–Trinajstić information content (AvgIpc) is 3.36. The van der Waals surface area contributed by atoms with Crippen molar-refractivity contribution in [2.24, 2.45) is 5.73 Å². The molecule has 0 bridgehead atoms. The van der Waals surface area contributed by atoms with Crippen LogP contribution in [0.1, 0.15) is 25.1 Å². The Bertz CT molecular complexity index is 1130. The van der Waals surface area contributed by atoms with E-state index in [1.807, 2.05) is 30.5 Å². The molecular weight excluding hydrogens is 424 g/mol. The van der Waals surface area contributed by atoms with Crippen LogP contribution in [0.3, 0.4) is 0 Å². The maximum Gasteiger partial charge on any atom is 0.232 e. The number of thiazole rings is 1. The maximum atomic E-state index is 12.7. The van der Waals surface area contributed by atoms with E-state index in [-0.39, 0.29) is 0 Å². The summed E-state index contributed by atoms with van der Waals surface area (Å²) in [6.45, 7) is 2.00. The maximum absolute atomic E-state index is 12.7. The molecule has 2 unspecified atom stereocenters. The fraction of sp³-hybridized carbons (Fsp3) is 0.200. The molecule has 0 amide bonds. The number of nitrogen functional groups attached to an aromatic ring is 1. The molecule has 9 heteroatoms. The van der Waals surface area contributed by atoms with E-state index in [9.17, 15) is 9.66 Å². The van der Waals surface area contributed by atoms with Crippen LogP contribution in [0.25, 0.3) is 32.0 Å². The standard InChI is InChI=1S/C20H20N4O2S3/c1-2-9-29(26)20-16(21)15-13(11-3-5-12(6-4-11)17(22)25)10-14(24-19(15)28-20)18-23-7-8-27-18/h3-8,10,17,25H,2,9,21-22H2,1H3. The highest BCUT2D eigenvalue weighted by Crippen LogP contribution is 2.43. The molecule has 0 saturated heterocycles. The van der Waals surface area contributed by atoms with Crippen LogP contribution in [0.5, 0.6) is 0 Å². The number of benzene rings is 1. The van der Waals surface area contributed by atoms with Crippen molar-refractivity contribution in [2.75, 3.05) is 11.5 Å². The van der Waals surface area contributed by atoms with Crippen LogP contribution in [0.15, 0.2) is 46.1 Å². The fourth-order valence-electron chi connectivity index (χ4n) is 3.09. The first-order valence-electron chi connectivity index (χ1n) is 9.04. The molecule has 5 N–H and O–H groups in total. The predicted octanol–water partition coefficient (Wildman–Crippen LogP) is 4.14. The Hall–Kier alpha value is -2.01. The lowest BCUT2D eigenvalue weighted by Gasteiger charge is -2.10. The van der Waals surface area contributed by atoms with Crippen molar-refractivity contribution in [3.05, 3.63) is 47.5 Å². The topological polar surface area (TPSA) is 121 Å². The van der Waals surface area contributed by atoms with E-state index in [0.29, 0.717) is 21.2 Å². The van der Waals surface area contributed by atoms with Crippen LogP contribution in [0.4, 0.5) is 5.69 Å². The Kier molecular flexibility index (Phi) is 5.86. The number of hydrogen-bond donors (Lipinski definition) is 3. The second kappa shape index (κ2) is 8.39. The van der Waals surface area contributed by atoms with E-state index in [4.69, 9.17) is 16.5 Å². The second-order valence-corrected chi connectivity index (χ2v) is 10.2. The van der Waals surface area contributed by atoms with E-state index in [1.165, 1.54) is 22.7 Å². The van der Waals surface area contributed by atoms with Gasteiger partial charge in [0.05, 0.1) is 0 Å². The van der Waals surface area contributed by atoms with Gasteiger partial charge in [0, 0.05) is 17.0 Å². The van der Waals surface area contributed by atoms with Crippen molar-refractivity contribution >= 4 is 49.8 Å². The summed E-state index contributed by atoms with van der Waals surface area (Å²) in [6.07, 6.45) is 1.53. The fourth-order valence-corrected chi connectivity index (χ4v) is 6.31. The molecule has 0 saturated carbocycles. The van der Waals surface area contributed by atoms with Crippen molar-refractivity contribution in [1.29, 1.82) is 0 Å². The highest BCUT2D eigenvalue weighted by molar-refractivity contribution is 7.93. The van der Waals surface area contributed by atoms with Gasteiger partial charge in [-0.15, -0.1) is 11.3 Å². The molecule has 0 aliphatic rings. The molecule has 0 spiro atoms. The van der Waals surface area contributed by atoms with Gasteiger partial charge >= 0.3 is 0 Å². The van der Waals surface area contributed by atoms with Crippen molar-refractivity contribution in [3.63, 3.8) is 0 Å². The van der Waals surface area contributed by atoms with Crippen molar-refractivity contribution in [2.45, 2.75) is 23.8 Å². The summed E-state index contributed by atoms with van der Waals surface area (Å²) in [5.41, 5.74) is 15.7. The summed E-state index contributed by atoms with van der Waals surface area (Å²) in [7, 11) is 0. The van der Waals surface area contributed by atoms with Gasteiger partial charge in [0.2, 0.25) is 4.21 Å². The Morgan fingerprint density at radius 3 is 2.66 bits per heavy atom. The number of thiophene rings is 1. The van der Waals surface area contributed by atoms with E-state index in [0.717, 1.165) is 38.5 Å². The number of aliphatic hydroxyl groups excluding tert-OH is 1. The third-order valence-corrected chi connectivity index (χ3v) is 8.39. The van der Waals surface area contributed by atoms with Crippen LogP contribution in [0.2, 0.25) is 0 Å². The molecule has 0 aliphatic carbocycles. The van der Waals surface area contributed by atoms with Gasteiger partial charge in [-0.1, -0.05) is 42.5 Å². The molecule has 1 aromatic carbocycles. The van der Waals surface area contributed by atoms with Crippen LogP contribution in [-0.4, -0.2) is 25.4 Å². The number of aromatic nitrogens is 2. The average molecular weight is 445 g/mol. The molecule has 6 nitrogen and oxygen atoms in total. The number of pyridine rings is 1. The van der Waals surface area contributed by atoms with E-state index >= 15 is 0 Å². The molecule has 4 aromatic rings. The summed E-state index contributed by atoms with van der Waals surface area (Å²) < 4.78 is 13.3. The van der Waals surface area contributed by atoms with E-state index in [1.54, 1.807) is 18.3 Å². The Morgan fingerprint density at radius 2 is 2.03 bits per heavy atom. The number of nitrogens with zero attached hydrogens (tertiary/aromatic N) is 2. The molecule has 2 atom stereocenters. The van der Waals surface area contributed by atoms with E-state index < -0.39 is 17.4 Å². The number of nitrogens with two attached hydrogens (primary N) is 2. The Labute approximate surface area is 179 Å². The number of aliphatic hydroxyl groups is 1. The van der Waals surface area contributed by atoms with Gasteiger partial charge < -0.3 is 21.1 Å². The molecule has 29 heavy (non-hydrogen) atoms. The molecule has 3 heterocycles. The summed E-state index contributed by atoms with van der Waals surface area (Å²) in [4.78, 5) is 9.89. The summed E-state index contributed by atoms with van der Waals surface area (Å²) >= 11 is 1.74. The SMILES string of the molecule is CCC[S+]([O-])c1sc2nc(-c3nccs3)cc(-c3ccc(C(N)O)cc3)c2c1N. The molecule has 3 aromatic heterocycles. The minimum absolute atomic E-state index is 0.521. The first-order chi connectivity index (χ1) is 14.0. The summed E-state index contributed by atoms with van der Waals surface area (Å²) in [5.74, 6) is 0.564. The third-order valence-electron chi connectivity index (χ3n) is 4.48. The Balaban J connectivity index is 1.94. The molecule has 0 radical (unpaired) electrons. The molecule has 0 fully saturated rings. The summed E-state index contributed by atoms with van der Waals surface area (Å²) in [6, 6.07) is 9.32. The number of anilines is 1. The Morgan fingerprint density at radius 1 is 1.28 bits per heavy atom. The van der Waals surface area contributed by atoms with Crippen molar-refractivity contribution in [1.82, 2.24) is 9.97 Å². The van der Waals surface area contributed by atoms with Crippen molar-refractivity contribution < 1.29 is 9.66 Å². The summed E-state index contributed by atoms with van der Waals surface area (Å²) in [5, 5.41) is 13.1. The normalized spacial score (nSPS) is 13.7. The van der Waals surface area contributed by atoms with Gasteiger partial charge in [0.25, 0.3) is 0 Å². The lowest BCUT2D eigenvalue weighted by atomic mass is 10.0. The number of rotatable bonds is 6. The quantitative estimate of drug-likeness (QED) is 0.304. The van der Waals surface area contributed by atoms with Crippen LogP contribution < -0.4 is 11.5 Å². The lowest BCUT2D eigenvalue weighted by Crippen LogP contribution is -2.07. The van der Waals surface area contributed by atoms with Gasteiger partial charge in [-0.2, -0.15) is 0 Å². The van der Waals surface area contributed by atoms with Crippen LogP contribution in [0, 0.1) is 0 Å². The van der Waals surface area contributed by atoms with Gasteiger partial charge in [-0.05, 0) is 40.4 Å². The van der Waals surface area contributed by atoms with Gasteiger partial charge in [0.15, 0.2) is 0 Å². The zero-order valence-electron chi connectivity index (χ0n) is 15.7. The highest BCUT2D eigenvalue weighted by atomic mass is 32.2. The van der Waals surface area contributed by atoms with Crippen LogP contribution >= 0.6 is 22.7 Å². The van der Waals surface area contributed by atoms with Crippen molar-refractivity contribution in [3.8, 4) is 21.8 Å². The number of hydrogen-bond acceptors (Lipinski definition) is 8. The largest absolute Gasteiger partial charge is 0.611 e. The van der Waals surface area contributed by atoms with Gasteiger partial charge in [-0.3, -0.25) is 0 Å². The first-order valence-corrected chi connectivity index (χ1v) is 12.1. The minimum Gasteiger partial charge on any atom is -0.611 e. The zero-order valence-corrected chi connectivity index (χ0v) is 18.1. The second-order valence-electron chi connectivity index (χ2n) is 6.49. The lowest BCUT2D eigenvalue weighted by molar-refractivity contribution is 0.186. The molecular formula is C20H20N4O2S3. The highest BCUT2D eigenvalue weighted by Gasteiger charge is 2.24. The first kappa shape index (κ1) is 20.3. The molecule has 0 aliphatic heterocycles. The van der Waals surface area contributed by atoms with Gasteiger partial charge in [0.1, 0.15) is 33.2 Å². The zero-order chi connectivity index (χ0) is 20.5. The third kappa shape index (κ3) is 3.89. The minimum atomic E-state index is -1.15. The van der Waals surface area contributed by atoms with Gasteiger partial charge in [-0.25, -0.2) is 9.97 Å². The predicted molar refractivity (Wildman–Crippen MR) is 121 cm³/mol.